The second-order valence-corrected chi connectivity index (χ2v) is 5.53. The number of ether oxygens (including phenoxy) is 1. The van der Waals surface area contributed by atoms with E-state index < -0.39 is 0 Å². The Bertz CT molecular complexity index is 528. The maximum absolute atomic E-state index is 12.1. The highest BCUT2D eigenvalue weighted by atomic mass is 35.5. The molecule has 0 aromatic heterocycles. The van der Waals surface area contributed by atoms with Crippen LogP contribution in [0.5, 0.6) is 5.75 Å². The summed E-state index contributed by atoms with van der Waals surface area (Å²) in [6.45, 7) is 4.57. The molecule has 0 radical (unpaired) electrons. The fraction of sp³-hybridized carbons (Fsp3) is 0.500. The van der Waals surface area contributed by atoms with E-state index in [0.29, 0.717) is 39.2 Å². The molecular formula is C16H21ClN2O3. The molecule has 22 heavy (non-hydrogen) atoms. The molecule has 1 heterocycles. The van der Waals surface area contributed by atoms with Crippen LogP contribution in [-0.4, -0.2) is 60.3 Å². The number of halogens is 1. The number of nitrogens with zero attached hydrogens (tertiary/aromatic N) is 2. The zero-order chi connectivity index (χ0) is 15.9. The van der Waals surface area contributed by atoms with Crippen molar-refractivity contribution in [1.29, 1.82) is 0 Å². The minimum absolute atomic E-state index is 0.00177. The topological polar surface area (TPSA) is 49.9 Å². The molecule has 0 bridgehead atoms. The Labute approximate surface area is 135 Å². The van der Waals surface area contributed by atoms with E-state index in [1.807, 2.05) is 31.2 Å². The van der Waals surface area contributed by atoms with Gasteiger partial charge in [-0.05, 0) is 18.6 Å². The summed E-state index contributed by atoms with van der Waals surface area (Å²) >= 11 is 5.54. The van der Waals surface area contributed by atoms with Crippen molar-refractivity contribution in [1.82, 2.24) is 9.80 Å². The molecule has 6 heteroatoms. The Morgan fingerprint density at radius 3 is 2.27 bits per heavy atom. The predicted molar refractivity (Wildman–Crippen MR) is 85.2 cm³/mol. The summed E-state index contributed by atoms with van der Waals surface area (Å²) in [5, 5.41) is 0. The first-order valence-electron chi connectivity index (χ1n) is 7.41. The second-order valence-electron chi connectivity index (χ2n) is 5.26. The molecule has 2 amide bonds. The Morgan fingerprint density at radius 2 is 1.68 bits per heavy atom. The highest BCUT2D eigenvalue weighted by molar-refractivity contribution is 6.27. The minimum Gasteiger partial charge on any atom is -0.493 e. The van der Waals surface area contributed by atoms with Gasteiger partial charge in [-0.1, -0.05) is 18.2 Å². The first-order valence-corrected chi connectivity index (χ1v) is 7.95. The summed E-state index contributed by atoms with van der Waals surface area (Å²) in [4.78, 5) is 27.1. The van der Waals surface area contributed by atoms with Crippen LogP contribution in [0.15, 0.2) is 24.3 Å². The first-order chi connectivity index (χ1) is 10.6. The van der Waals surface area contributed by atoms with Crippen LogP contribution >= 0.6 is 11.6 Å². The third-order valence-electron chi connectivity index (χ3n) is 3.77. The largest absolute Gasteiger partial charge is 0.493 e. The molecule has 1 aromatic rings. The van der Waals surface area contributed by atoms with E-state index in [1.54, 1.807) is 9.80 Å². The molecule has 1 saturated heterocycles. The quantitative estimate of drug-likeness (QED) is 0.774. The van der Waals surface area contributed by atoms with Crippen molar-refractivity contribution in [2.45, 2.75) is 13.3 Å². The smallest absolute Gasteiger partial charge is 0.237 e. The van der Waals surface area contributed by atoms with Gasteiger partial charge in [0, 0.05) is 26.2 Å². The van der Waals surface area contributed by atoms with Gasteiger partial charge in [0.15, 0.2) is 0 Å². The van der Waals surface area contributed by atoms with Crippen LogP contribution in [-0.2, 0) is 9.59 Å². The van der Waals surface area contributed by atoms with Crippen LogP contribution < -0.4 is 4.74 Å². The number of rotatable bonds is 5. The van der Waals surface area contributed by atoms with Crippen LogP contribution in [0.1, 0.15) is 12.0 Å². The zero-order valence-corrected chi connectivity index (χ0v) is 13.5. The molecule has 1 aromatic carbocycles. The van der Waals surface area contributed by atoms with Crippen molar-refractivity contribution < 1.29 is 14.3 Å². The average Bonchev–Trinajstić information content (AvgIpc) is 2.56. The Hall–Kier alpha value is -1.75. The van der Waals surface area contributed by atoms with Crippen molar-refractivity contribution in [3.63, 3.8) is 0 Å². The molecule has 1 aliphatic rings. The normalized spacial score (nSPS) is 14.8. The molecule has 0 unspecified atom stereocenters. The summed E-state index contributed by atoms with van der Waals surface area (Å²) in [6, 6.07) is 7.74. The van der Waals surface area contributed by atoms with Gasteiger partial charge in [0.2, 0.25) is 11.8 Å². The standard InChI is InChI=1S/C16H21ClN2O3/c1-13-4-2-3-5-14(13)22-11-6-15(20)18-7-9-19(10-8-18)16(21)12-17/h2-5H,6-12H2,1H3. The van der Waals surface area contributed by atoms with Crippen LogP contribution in [0.3, 0.4) is 0 Å². The SMILES string of the molecule is Cc1ccccc1OCCC(=O)N1CCN(C(=O)CCl)CC1. The fourth-order valence-electron chi connectivity index (χ4n) is 2.41. The highest BCUT2D eigenvalue weighted by Gasteiger charge is 2.23. The lowest BCUT2D eigenvalue weighted by molar-refractivity contribution is -0.138. The maximum Gasteiger partial charge on any atom is 0.237 e. The van der Waals surface area contributed by atoms with Gasteiger partial charge < -0.3 is 14.5 Å². The van der Waals surface area contributed by atoms with Crippen molar-refractivity contribution in [3.8, 4) is 5.75 Å². The van der Waals surface area contributed by atoms with E-state index in [-0.39, 0.29) is 17.7 Å². The molecule has 0 saturated carbocycles. The molecular weight excluding hydrogens is 304 g/mol. The summed E-state index contributed by atoms with van der Waals surface area (Å²) in [5.74, 6) is 0.800. The van der Waals surface area contributed by atoms with Gasteiger partial charge in [-0.2, -0.15) is 0 Å². The molecule has 0 atom stereocenters. The molecule has 1 aliphatic heterocycles. The van der Waals surface area contributed by atoms with Crippen LogP contribution in [0, 0.1) is 6.92 Å². The average molecular weight is 325 g/mol. The van der Waals surface area contributed by atoms with Crippen molar-refractivity contribution in [3.05, 3.63) is 29.8 Å². The summed E-state index contributed by atoms with van der Waals surface area (Å²) in [7, 11) is 0. The molecule has 2 rings (SSSR count). The minimum atomic E-state index is -0.0725. The lowest BCUT2D eigenvalue weighted by Gasteiger charge is -2.34. The van der Waals surface area contributed by atoms with Gasteiger partial charge in [0.25, 0.3) is 0 Å². The lowest BCUT2D eigenvalue weighted by Crippen LogP contribution is -2.51. The number of para-hydroxylation sites is 1. The van der Waals surface area contributed by atoms with Crippen molar-refractivity contribution in [2.24, 2.45) is 0 Å². The second kappa shape index (κ2) is 8.03. The van der Waals surface area contributed by atoms with Gasteiger partial charge in [-0.15, -0.1) is 11.6 Å². The number of hydrogen-bond donors (Lipinski definition) is 0. The summed E-state index contributed by atoms with van der Waals surface area (Å²) in [6.07, 6.45) is 0.345. The molecule has 5 nitrogen and oxygen atoms in total. The Morgan fingerprint density at radius 1 is 1.09 bits per heavy atom. The third kappa shape index (κ3) is 4.37. The van der Waals surface area contributed by atoms with E-state index in [9.17, 15) is 9.59 Å². The molecule has 0 spiro atoms. The maximum atomic E-state index is 12.1. The monoisotopic (exact) mass is 324 g/mol. The van der Waals surface area contributed by atoms with Gasteiger partial charge in [-0.25, -0.2) is 0 Å². The Kier molecular flexibility index (Phi) is 6.07. The van der Waals surface area contributed by atoms with E-state index >= 15 is 0 Å². The van der Waals surface area contributed by atoms with E-state index in [4.69, 9.17) is 16.3 Å². The summed E-state index contributed by atoms with van der Waals surface area (Å²) < 4.78 is 5.65. The number of aryl methyl sites for hydroxylation is 1. The van der Waals surface area contributed by atoms with Crippen LogP contribution in [0.4, 0.5) is 0 Å². The van der Waals surface area contributed by atoms with Gasteiger partial charge in [0.1, 0.15) is 11.6 Å². The lowest BCUT2D eigenvalue weighted by atomic mass is 10.2. The number of hydrogen-bond acceptors (Lipinski definition) is 3. The highest BCUT2D eigenvalue weighted by Crippen LogP contribution is 2.16. The first kappa shape index (κ1) is 16.6. The predicted octanol–water partition coefficient (Wildman–Crippen LogP) is 1.67. The number of carbonyl (C=O) groups is 2. The molecule has 0 aliphatic carbocycles. The van der Waals surface area contributed by atoms with Gasteiger partial charge >= 0.3 is 0 Å². The number of alkyl halides is 1. The van der Waals surface area contributed by atoms with E-state index in [0.717, 1.165) is 11.3 Å². The fourth-order valence-corrected chi connectivity index (χ4v) is 2.58. The molecule has 120 valence electrons. The van der Waals surface area contributed by atoms with Crippen LogP contribution in [0.25, 0.3) is 0 Å². The number of benzene rings is 1. The Balaban J connectivity index is 1.72. The third-order valence-corrected chi connectivity index (χ3v) is 4.00. The van der Waals surface area contributed by atoms with E-state index in [2.05, 4.69) is 0 Å². The van der Waals surface area contributed by atoms with Crippen molar-refractivity contribution >= 4 is 23.4 Å². The van der Waals surface area contributed by atoms with Gasteiger partial charge in [-0.3, -0.25) is 9.59 Å². The van der Waals surface area contributed by atoms with Crippen LogP contribution in [0.2, 0.25) is 0 Å². The van der Waals surface area contributed by atoms with Gasteiger partial charge in [0.05, 0.1) is 13.0 Å². The molecule has 1 fully saturated rings. The zero-order valence-electron chi connectivity index (χ0n) is 12.8. The number of carbonyl (C=O) groups excluding carboxylic acids is 2. The number of piperazine rings is 1. The molecule has 0 N–H and O–H groups in total. The van der Waals surface area contributed by atoms with E-state index in [1.165, 1.54) is 0 Å². The summed E-state index contributed by atoms with van der Waals surface area (Å²) in [5.41, 5.74) is 1.06. The number of amides is 2. The van der Waals surface area contributed by atoms with Crippen molar-refractivity contribution in [2.75, 3.05) is 38.7 Å².